The molecule has 0 spiro atoms. The van der Waals surface area contributed by atoms with E-state index in [1.54, 1.807) is 6.07 Å². The first kappa shape index (κ1) is 35.4. The minimum atomic E-state index is -0.214. The maximum absolute atomic E-state index is 11.2. The Bertz CT molecular complexity index is 3450. The first-order valence-electron chi connectivity index (χ1n) is 19.7. The van der Waals surface area contributed by atoms with Crippen molar-refractivity contribution in [3.63, 3.8) is 0 Å². The van der Waals surface area contributed by atoms with Gasteiger partial charge in [-0.15, -0.1) is 29.8 Å². The predicted molar refractivity (Wildman–Crippen MR) is 236 cm³/mol. The molecule has 0 unspecified atom stereocenters. The molecular weight excluding hydrogens is 904 g/mol. The second kappa shape index (κ2) is 13.1. The number of hydrogen-bond donors (Lipinski definition) is 1. The Hall–Kier alpha value is -6.81. The van der Waals surface area contributed by atoms with Gasteiger partial charge in [-0.05, 0) is 52.6 Å². The van der Waals surface area contributed by atoms with Crippen molar-refractivity contribution in [2.75, 3.05) is 0 Å². The topological polar surface area (TPSA) is 55.4 Å². The molecule has 0 saturated heterocycles. The number of aromatic nitrogens is 4. The van der Waals surface area contributed by atoms with E-state index in [2.05, 4.69) is 169 Å². The van der Waals surface area contributed by atoms with Crippen LogP contribution in [0.4, 0.5) is 0 Å². The molecule has 0 atom stereocenters. The minimum Gasteiger partial charge on any atom is -0.507 e. The average Bonchev–Trinajstić information content (AvgIpc) is 3.99. The van der Waals surface area contributed by atoms with E-state index in [1.807, 2.05) is 24.3 Å². The van der Waals surface area contributed by atoms with E-state index < -0.39 is 0 Å². The molecule has 0 aliphatic heterocycles. The summed E-state index contributed by atoms with van der Waals surface area (Å²) in [6.07, 6.45) is 2.08. The standard InChI is InChI=1S/C53H35N4O.Pt/c1-53(2)42-31-54-43(30-41(42)51-48(53)40-24-13-23-38-37-20-7-10-26-45(37)57(51)50(38)40)34-18-12-17-33(29-34)36-22-14-27-46-49(36)55-52(39-21-8-11-28-47(39)58)56(46)44-25-9-6-19-35(44)32-15-4-3-5-16-32;/h3-28,30-31,58H,1-2H3;/q-1;. The number of phenols is 1. The van der Waals surface area contributed by atoms with Crippen molar-refractivity contribution in [1.29, 1.82) is 0 Å². The van der Waals surface area contributed by atoms with Gasteiger partial charge in [0.2, 0.25) is 0 Å². The van der Waals surface area contributed by atoms with Crippen LogP contribution in [0.15, 0.2) is 170 Å². The van der Waals surface area contributed by atoms with Crippen LogP contribution in [-0.4, -0.2) is 24.0 Å². The number of fused-ring (bicyclic) bond motifs is 9. The van der Waals surface area contributed by atoms with E-state index in [4.69, 9.17) is 9.97 Å². The van der Waals surface area contributed by atoms with E-state index >= 15 is 0 Å². The van der Waals surface area contributed by atoms with Crippen molar-refractivity contribution >= 4 is 38.2 Å². The quantitative estimate of drug-likeness (QED) is 0.175. The molecule has 0 radical (unpaired) electrons. The molecule has 0 saturated carbocycles. The van der Waals surface area contributed by atoms with Gasteiger partial charge in [-0.2, -0.15) is 0 Å². The summed E-state index contributed by atoms with van der Waals surface area (Å²) < 4.78 is 4.67. The monoisotopic (exact) mass is 938 g/mol. The molecular formula is C53H35N4OPt-. The molecule has 0 amide bonds. The van der Waals surface area contributed by atoms with E-state index in [0.717, 1.165) is 50.2 Å². The number of benzene rings is 7. The molecule has 12 rings (SSSR count). The number of aromatic hydroxyl groups is 1. The number of imidazole rings is 1. The Kier molecular flexibility index (Phi) is 7.85. The van der Waals surface area contributed by atoms with Crippen LogP contribution in [0, 0.1) is 6.07 Å². The summed E-state index contributed by atoms with van der Waals surface area (Å²) in [4.78, 5) is 10.5. The number of nitrogens with zero attached hydrogens (tertiary/aromatic N) is 4. The van der Waals surface area contributed by atoms with Crippen molar-refractivity contribution in [2.45, 2.75) is 19.3 Å². The van der Waals surface area contributed by atoms with Crippen LogP contribution in [0.1, 0.15) is 25.0 Å². The molecule has 59 heavy (non-hydrogen) atoms. The molecule has 4 heterocycles. The van der Waals surface area contributed by atoms with E-state index in [-0.39, 0.29) is 32.2 Å². The van der Waals surface area contributed by atoms with Crippen molar-refractivity contribution in [3.8, 4) is 67.6 Å². The first-order valence-corrected chi connectivity index (χ1v) is 19.7. The van der Waals surface area contributed by atoms with Crippen LogP contribution in [0.2, 0.25) is 0 Å². The Morgan fingerprint density at radius 3 is 2.12 bits per heavy atom. The Morgan fingerprint density at radius 1 is 0.593 bits per heavy atom. The van der Waals surface area contributed by atoms with Gasteiger partial charge >= 0.3 is 0 Å². The fourth-order valence-corrected chi connectivity index (χ4v) is 9.72. The Morgan fingerprint density at radius 2 is 1.25 bits per heavy atom. The van der Waals surface area contributed by atoms with E-state index in [0.29, 0.717) is 11.4 Å². The zero-order chi connectivity index (χ0) is 38.7. The van der Waals surface area contributed by atoms with Gasteiger partial charge in [-0.25, -0.2) is 4.98 Å². The summed E-state index contributed by atoms with van der Waals surface area (Å²) in [6, 6.07) is 60.3. The molecule has 1 aliphatic carbocycles. The van der Waals surface area contributed by atoms with Gasteiger partial charge < -0.3 is 9.51 Å². The molecule has 0 fully saturated rings. The maximum atomic E-state index is 11.2. The molecule has 1 N–H and O–H groups in total. The molecule has 0 bridgehead atoms. The van der Waals surface area contributed by atoms with Crippen LogP contribution < -0.4 is 0 Å². The maximum Gasteiger partial charge on any atom is 0.148 e. The average molecular weight is 939 g/mol. The summed E-state index contributed by atoms with van der Waals surface area (Å²) in [6.45, 7) is 4.66. The summed E-state index contributed by atoms with van der Waals surface area (Å²) >= 11 is 0. The van der Waals surface area contributed by atoms with Gasteiger partial charge in [-0.1, -0.05) is 140 Å². The van der Waals surface area contributed by atoms with Gasteiger partial charge in [0.05, 0.1) is 39.0 Å². The van der Waals surface area contributed by atoms with Crippen LogP contribution in [0.5, 0.6) is 5.75 Å². The van der Waals surface area contributed by atoms with Gasteiger partial charge in [0.25, 0.3) is 0 Å². The summed E-state index contributed by atoms with van der Waals surface area (Å²) in [5.74, 6) is 0.839. The van der Waals surface area contributed by atoms with Gasteiger partial charge in [0, 0.05) is 60.1 Å². The van der Waals surface area contributed by atoms with Crippen molar-refractivity contribution in [1.82, 2.24) is 18.9 Å². The first-order chi connectivity index (χ1) is 28.5. The van der Waals surface area contributed by atoms with Crippen LogP contribution in [0.3, 0.4) is 0 Å². The molecule has 7 aromatic carbocycles. The largest absolute Gasteiger partial charge is 0.507 e. The smallest absolute Gasteiger partial charge is 0.148 e. The minimum absolute atomic E-state index is 0. The predicted octanol–water partition coefficient (Wildman–Crippen LogP) is 12.9. The molecule has 11 aromatic rings. The van der Waals surface area contributed by atoms with Crippen molar-refractivity contribution in [2.24, 2.45) is 0 Å². The van der Waals surface area contributed by atoms with Gasteiger partial charge in [0.15, 0.2) is 0 Å². The van der Waals surface area contributed by atoms with E-state index in [1.165, 1.54) is 49.6 Å². The van der Waals surface area contributed by atoms with Crippen LogP contribution in [0.25, 0.3) is 100 Å². The zero-order valence-corrected chi connectivity index (χ0v) is 34.5. The summed E-state index contributed by atoms with van der Waals surface area (Å²) in [5, 5.41) is 15.1. The third-order valence-corrected chi connectivity index (χ3v) is 12.3. The molecule has 6 heteroatoms. The van der Waals surface area contributed by atoms with E-state index in [9.17, 15) is 5.11 Å². The molecule has 1 aliphatic rings. The third-order valence-electron chi connectivity index (χ3n) is 12.3. The van der Waals surface area contributed by atoms with Crippen molar-refractivity contribution in [3.05, 3.63) is 187 Å². The Labute approximate surface area is 355 Å². The molecule has 5 nitrogen and oxygen atoms in total. The van der Waals surface area contributed by atoms with Crippen LogP contribution in [-0.2, 0) is 26.5 Å². The summed E-state index contributed by atoms with van der Waals surface area (Å²) in [5.41, 5.74) is 16.6. The van der Waals surface area contributed by atoms with Crippen molar-refractivity contribution < 1.29 is 26.2 Å². The third kappa shape index (κ3) is 5.01. The number of rotatable bonds is 5. The SMILES string of the molecule is CC1(C)c2cnc(-c3[c-]c(-c4cccc5c4nc(-c4ccccc4O)n5-c4ccccc4-c4ccccc4)ccc3)cc2-c2c1c1cccc3c4ccccc4n2c13.[Pt]. The molecule has 284 valence electrons. The Balaban J connectivity index is 0.00000397. The fourth-order valence-electron chi connectivity index (χ4n) is 9.72. The number of para-hydroxylation sites is 5. The normalized spacial score (nSPS) is 13.0. The second-order valence-corrected chi connectivity index (χ2v) is 15.8. The molecule has 4 aromatic heterocycles. The van der Waals surface area contributed by atoms with Gasteiger partial charge in [0.1, 0.15) is 11.6 Å². The van der Waals surface area contributed by atoms with Crippen LogP contribution >= 0.6 is 0 Å². The number of hydrogen-bond acceptors (Lipinski definition) is 3. The van der Waals surface area contributed by atoms with Gasteiger partial charge in [-0.3, -0.25) is 9.55 Å². The summed E-state index contributed by atoms with van der Waals surface area (Å²) in [7, 11) is 0. The zero-order valence-electron chi connectivity index (χ0n) is 32.2. The fraction of sp³-hybridized carbons (Fsp3) is 0.0566. The number of phenolic OH excluding ortho intramolecular Hbond substituents is 1. The second-order valence-electron chi connectivity index (χ2n) is 15.8. The number of pyridine rings is 1.